The van der Waals surface area contributed by atoms with E-state index >= 15 is 0 Å². The first-order chi connectivity index (χ1) is 12.7. The SMILES string of the molecule is COc1cccc(-c2nc(CSc3nnc(-c4cccs4)n3N)cs2)c1. The van der Waals surface area contributed by atoms with Crippen molar-refractivity contribution >= 4 is 34.4 Å². The van der Waals surface area contributed by atoms with Crippen molar-refractivity contribution in [2.75, 3.05) is 13.0 Å². The van der Waals surface area contributed by atoms with Crippen LogP contribution in [0.5, 0.6) is 5.75 Å². The number of aromatic nitrogens is 4. The van der Waals surface area contributed by atoms with E-state index in [0.717, 1.165) is 26.9 Å². The fourth-order valence-electron chi connectivity index (χ4n) is 2.35. The Balaban J connectivity index is 1.47. The number of thiazole rings is 1. The summed E-state index contributed by atoms with van der Waals surface area (Å²) in [7, 11) is 1.66. The molecule has 0 spiro atoms. The number of thioether (sulfide) groups is 1. The van der Waals surface area contributed by atoms with Crippen molar-refractivity contribution in [1.82, 2.24) is 19.9 Å². The second-order valence-electron chi connectivity index (χ2n) is 5.32. The maximum Gasteiger partial charge on any atom is 0.210 e. The number of hydrogen-bond donors (Lipinski definition) is 1. The van der Waals surface area contributed by atoms with E-state index in [9.17, 15) is 0 Å². The van der Waals surface area contributed by atoms with Crippen LogP contribution in [-0.4, -0.2) is 27.0 Å². The molecule has 6 nitrogen and oxygen atoms in total. The van der Waals surface area contributed by atoms with Gasteiger partial charge >= 0.3 is 0 Å². The van der Waals surface area contributed by atoms with Gasteiger partial charge in [0.1, 0.15) is 10.8 Å². The molecule has 1 aromatic carbocycles. The van der Waals surface area contributed by atoms with Gasteiger partial charge in [-0.05, 0) is 23.6 Å². The number of nitrogens with zero attached hydrogens (tertiary/aromatic N) is 4. The zero-order chi connectivity index (χ0) is 17.9. The molecule has 26 heavy (non-hydrogen) atoms. The van der Waals surface area contributed by atoms with Crippen LogP contribution in [0.15, 0.2) is 52.3 Å². The third-order valence-corrected chi connectivity index (χ3v) is 6.41. The van der Waals surface area contributed by atoms with Gasteiger partial charge in [0, 0.05) is 16.7 Å². The Hall–Kier alpha value is -2.36. The van der Waals surface area contributed by atoms with Crippen molar-refractivity contribution in [1.29, 1.82) is 0 Å². The standard InChI is InChI=1S/C17H15N5OS3/c1-23-13-5-2-4-11(8-13)16-19-12(9-25-16)10-26-17-21-20-15(22(17)18)14-6-3-7-24-14/h2-9H,10,18H2,1H3. The van der Waals surface area contributed by atoms with Crippen LogP contribution in [0.4, 0.5) is 0 Å². The quantitative estimate of drug-likeness (QED) is 0.386. The van der Waals surface area contributed by atoms with Crippen molar-refractivity contribution < 1.29 is 4.74 Å². The number of hydrogen-bond acceptors (Lipinski definition) is 8. The summed E-state index contributed by atoms with van der Waals surface area (Å²) in [6.45, 7) is 0. The molecule has 3 aromatic heterocycles. The lowest BCUT2D eigenvalue weighted by Crippen LogP contribution is -2.11. The predicted molar refractivity (Wildman–Crippen MR) is 107 cm³/mol. The highest BCUT2D eigenvalue weighted by molar-refractivity contribution is 7.98. The second-order valence-corrected chi connectivity index (χ2v) is 8.07. The zero-order valence-corrected chi connectivity index (χ0v) is 16.3. The maximum absolute atomic E-state index is 6.13. The van der Waals surface area contributed by atoms with Crippen LogP contribution in [0, 0.1) is 0 Å². The van der Waals surface area contributed by atoms with Crippen LogP contribution < -0.4 is 10.6 Å². The van der Waals surface area contributed by atoms with Crippen molar-refractivity contribution in [2.24, 2.45) is 0 Å². The summed E-state index contributed by atoms with van der Waals surface area (Å²) >= 11 is 4.72. The van der Waals surface area contributed by atoms with Crippen molar-refractivity contribution in [3.05, 3.63) is 52.9 Å². The molecule has 0 saturated carbocycles. The molecule has 9 heteroatoms. The first kappa shape index (κ1) is 17.1. The van der Waals surface area contributed by atoms with E-state index < -0.39 is 0 Å². The summed E-state index contributed by atoms with van der Waals surface area (Å²) in [6.07, 6.45) is 0. The lowest BCUT2D eigenvalue weighted by atomic mass is 10.2. The van der Waals surface area contributed by atoms with E-state index in [0.29, 0.717) is 16.7 Å². The molecule has 0 atom stereocenters. The first-order valence-corrected chi connectivity index (χ1v) is 10.4. The van der Waals surface area contributed by atoms with E-state index in [2.05, 4.69) is 15.6 Å². The highest BCUT2D eigenvalue weighted by atomic mass is 32.2. The van der Waals surface area contributed by atoms with E-state index in [1.807, 2.05) is 41.8 Å². The minimum Gasteiger partial charge on any atom is -0.497 e. The van der Waals surface area contributed by atoms with Gasteiger partial charge < -0.3 is 10.6 Å². The Morgan fingerprint density at radius 1 is 1.19 bits per heavy atom. The summed E-state index contributed by atoms with van der Waals surface area (Å²) < 4.78 is 6.81. The Kier molecular flexibility index (Phi) is 4.91. The number of nitrogens with two attached hydrogens (primary N) is 1. The number of benzene rings is 1. The van der Waals surface area contributed by atoms with Gasteiger partial charge in [-0.25, -0.2) is 9.66 Å². The molecule has 0 amide bonds. The van der Waals surface area contributed by atoms with Crippen LogP contribution in [-0.2, 0) is 5.75 Å². The minimum absolute atomic E-state index is 0.671. The number of methoxy groups -OCH3 is 1. The Labute approximate surface area is 162 Å². The normalized spacial score (nSPS) is 11.0. The fourth-order valence-corrected chi connectivity index (χ4v) is 4.73. The van der Waals surface area contributed by atoms with Gasteiger partial charge in [-0.1, -0.05) is 30.0 Å². The third-order valence-electron chi connectivity index (χ3n) is 3.62. The molecule has 0 aliphatic heterocycles. The van der Waals surface area contributed by atoms with Gasteiger partial charge in [-0.3, -0.25) is 0 Å². The van der Waals surface area contributed by atoms with Gasteiger partial charge in [0.2, 0.25) is 5.16 Å². The van der Waals surface area contributed by atoms with Gasteiger partial charge in [0.05, 0.1) is 17.7 Å². The molecule has 0 aliphatic carbocycles. The lowest BCUT2D eigenvalue weighted by Gasteiger charge is -2.02. The van der Waals surface area contributed by atoms with Gasteiger partial charge in [-0.2, -0.15) is 0 Å². The highest BCUT2D eigenvalue weighted by Crippen LogP contribution is 2.30. The molecule has 0 fully saturated rings. The van der Waals surface area contributed by atoms with Gasteiger partial charge in [-0.15, -0.1) is 32.9 Å². The number of ether oxygens (including phenoxy) is 1. The van der Waals surface area contributed by atoms with E-state index in [-0.39, 0.29) is 0 Å². The van der Waals surface area contributed by atoms with Crippen molar-refractivity contribution in [3.63, 3.8) is 0 Å². The fraction of sp³-hybridized carbons (Fsp3) is 0.118. The molecule has 2 N–H and O–H groups in total. The molecule has 0 radical (unpaired) electrons. The molecule has 0 unspecified atom stereocenters. The largest absolute Gasteiger partial charge is 0.497 e. The highest BCUT2D eigenvalue weighted by Gasteiger charge is 2.14. The summed E-state index contributed by atoms with van der Waals surface area (Å²) in [4.78, 5) is 5.70. The molecule has 4 aromatic rings. The van der Waals surface area contributed by atoms with Gasteiger partial charge in [0.25, 0.3) is 0 Å². The minimum atomic E-state index is 0.671. The summed E-state index contributed by atoms with van der Waals surface area (Å²) in [6, 6.07) is 11.9. The van der Waals surface area contributed by atoms with Crippen LogP contribution in [0.1, 0.15) is 5.69 Å². The van der Waals surface area contributed by atoms with E-state index in [4.69, 9.17) is 15.6 Å². The summed E-state index contributed by atoms with van der Waals surface area (Å²) in [5.41, 5.74) is 2.03. The average molecular weight is 402 g/mol. The van der Waals surface area contributed by atoms with E-state index in [1.165, 1.54) is 16.4 Å². The topological polar surface area (TPSA) is 78.9 Å². The van der Waals surface area contributed by atoms with Crippen LogP contribution in [0.2, 0.25) is 0 Å². The maximum atomic E-state index is 6.13. The van der Waals surface area contributed by atoms with Crippen LogP contribution >= 0.6 is 34.4 Å². The molecular weight excluding hydrogens is 386 g/mol. The Bertz CT molecular complexity index is 1010. The molecular formula is C17H15N5OS3. The third kappa shape index (κ3) is 3.46. The van der Waals surface area contributed by atoms with E-state index in [1.54, 1.807) is 29.8 Å². The van der Waals surface area contributed by atoms with Crippen LogP contribution in [0.3, 0.4) is 0 Å². The number of nitrogen functional groups attached to an aromatic ring is 1. The average Bonchev–Trinajstić information content (AvgIpc) is 3.41. The van der Waals surface area contributed by atoms with Crippen molar-refractivity contribution in [2.45, 2.75) is 10.9 Å². The molecule has 0 bridgehead atoms. The second kappa shape index (κ2) is 7.48. The number of thiophene rings is 1. The smallest absolute Gasteiger partial charge is 0.210 e. The number of rotatable bonds is 6. The summed E-state index contributed by atoms with van der Waals surface area (Å²) in [5, 5.41) is 14.1. The van der Waals surface area contributed by atoms with Crippen molar-refractivity contribution in [3.8, 4) is 27.0 Å². The molecule has 3 heterocycles. The zero-order valence-electron chi connectivity index (χ0n) is 13.8. The molecule has 0 saturated heterocycles. The first-order valence-electron chi connectivity index (χ1n) is 7.70. The Morgan fingerprint density at radius 2 is 2.12 bits per heavy atom. The Morgan fingerprint density at radius 3 is 2.92 bits per heavy atom. The molecule has 4 rings (SSSR count). The molecule has 0 aliphatic rings. The van der Waals surface area contributed by atoms with Gasteiger partial charge in [0.15, 0.2) is 5.82 Å². The summed E-state index contributed by atoms with van der Waals surface area (Å²) in [5.74, 6) is 8.32. The predicted octanol–water partition coefficient (Wildman–Crippen LogP) is 4.14. The monoisotopic (exact) mass is 401 g/mol. The van der Waals surface area contributed by atoms with Crippen LogP contribution in [0.25, 0.3) is 21.3 Å². The molecule has 132 valence electrons. The lowest BCUT2D eigenvalue weighted by molar-refractivity contribution is 0.415.